The molecule has 0 spiro atoms. The van der Waals surface area contributed by atoms with Crippen LogP contribution in [0.1, 0.15) is 25.5 Å². The summed E-state index contributed by atoms with van der Waals surface area (Å²) in [6.07, 6.45) is 7.73. The van der Waals surface area contributed by atoms with Crippen LogP contribution >= 0.6 is 0 Å². The third kappa shape index (κ3) is 2.88. The van der Waals surface area contributed by atoms with Crippen molar-refractivity contribution in [1.29, 1.82) is 0 Å². The molecule has 0 unspecified atom stereocenters. The smallest absolute Gasteiger partial charge is 0.143 e. The summed E-state index contributed by atoms with van der Waals surface area (Å²) in [7, 11) is 1.67. The van der Waals surface area contributed by atoms with Crippen LogP contribution in [0.2, 0.25) is 0 Å². The van der Waals surface area contributed by atoms with Crippen LogP contribution in [-0.2, 0) is 6.54 Å². The van der Waals surface area contributed by atoms with Crippen LogP contribution in [-0.4, -0.2) is 26.4 Å². The number of nitrogens with zero attached hydrogens (tertiary/aromatic N) is 4. The Morgan fingerprint density at radius 2 is 1.95 bits per heavy atom. The Morgan fingerprint density at radius 3 is 2.64 bits per heavy atom. The standard InChI is InChI=1S/C17H20N4O/c1-13(2)21-9-8-18-17(21)15-10-19-20(12-15)11-14-4-6-16(22-3)7-5-14/h4-10,12-13H,11H2,1-3H3. The molecule has 0 aliphatic heterocycles. The predicted octanol–water partition coefficient (Wildman–Crippen LogP) is 3.38. The maximum Gasteiger partial charge on any atom is 0.143 e. The van der Waals surface area contributed by atoms with Crippen molar-refractivity contribution in [3.8, 4) is 17.1 Å². The van der Waals surface area contributed by atoms with Crippen molar-refractivity contribution in [2.24, 2.45) is 0 Å². The summed E-state index contributed by atoms with van der Waals surface area (Å²) in [4.78, 5) is 4.44. The molecule has 3 aromatic rings. The van der Waals surface area contributed by atoms with Gasteiger partial charge in [0.15, 0.2) is 0 Å². The van der Waals surface area contributed by atoms with Gasteiger partial charge in [0.25, 0.3) is 0 Å². The van der Waals surface area contributed by atoms with Gasteiger partial charge in [-0.3, -0.25) is 4.68 Å². The summed E-state index contributed by atoms with van der Waals surface area (Å²) in [6, 6.07) is 8.41. The number of rotatable bonds is 5. The zero-order valence-corrected chi connectivity index (χ0v) is 13.1. The molecule has 0 amide bonds. The molecular formula is C17H20N4O. The van der Waals surface area contributed by atoms with Gasteiger partial charge in [-0.15, -0.1) is 0 Å². The number of aromatic nitrogens is 4. The van der Waals surface area contributed by atoms with Gasteiger partial charge in [0, 0.05) is 24.6 Å². The number of ether oxygens (including phenoxy) is 1. The highest BCUT2D eigenvalue weighted by molar-refractivity contribution is 5.53. The van der Waals surface area contributed by atoms with Gasteiger partial charge in [-0.2, -0.15) is 5.10 Å². The monoisotopic (exact) mass is 296 g/mol. The Balaban J connectivity index is 1.79. The average molecular weight is 296 g/mol. The van der Waals surface area contributed by atoms with E-state index in [1.165, 1.54) is 5.56 Å². The molecular weight excluding hydrogens is 276 g/mol. The molecule has 0 aliphatic carbocycles. The first kappa shape index (κ1) is 14.4. The molecule has 2 heterocycles. The fourth-order valence-electron chi connectivity index (χ4n) is 2.44. The van der Waals surface area contributed by atoms with E-state index in [0.29, 0.717) is 6.04 Å². The average Bonchev–Trinajstić information content (AvgIpc) is 3.16. The summed E-state index contributed by atoms with van der Waals surface area (Å²) in [5.74, 6) is 1.82. The number of benzene rings is 1. The molecule has 5 heteroatoms. The highest BCUT2D eigenvalue weighted by Crippen LogP contribution is 2.21. The topological polar surface area (TPSA) is 44.9 Å². The van der Waals surface area contributed by atoms with E-state index in [4.69, 9.17) is 4.74 Å². The first-order valence-electron chi connectivity index (χ1n) is 7.36. The molecule has 0 fully saturated rings. The van der Waals surface area contributed by atoms with Crippen molar-refractivity contribution in [2.45, 2.75) is 26.4 Å². The lowest BCUT2D eigenvalue weighted by Crippen LogP contribution is -2.02. The van der Waals surface area contributed by atoms with Gasteiger partial charge in [-0.1, -0.05) is 12.1 Å². The molecule has 22 heavy (non-hydrogen) atoms. The summed E-state index contributed by atoms with van der Waals surface area (Å²) in [6.45, 7) is 5.02. The van der Waals surface area contributed by atoms with Crippen LogP contribution in [0, 0.1) is 0 Å². The van der Waals surface area contributed by atoms with Crippen molar-refractivity contribution < 1.29 is 4.74 Å². The third-order valence-corrected chi connectivity index (χ3v) is 3.62. The van der Waals surface area contributed by atoms with Crippen molar-refractivity contribution in [2.75, 3.05) is 7.11 Å². The summed E-state index contributed by atoms with van der Waals surface area (Å²) in [5.41, 5.74) is 2.22. The molecule has 0 saturated heterocycles. The lowest BCUT2D eigenvalue weighted by atomic mass is 10.2. The van der Waals surface area contributed by atoms with Gasteiger partial charge in [0.1, 0.15) is 11.6 Å². The Bertz CT molecular complexity index is 740. The largest absolute Gasteiger partial charge is 0.497 e. The second-order valence-electron chi connectivity index (χ2n) is 5.53. The van der Waals surface area contributed by atoms with Crippen LogP contribution in [0.3, 0.4) is 0 Å². The second kappa shape index (κ2) is 6.05. The van der Waals surface area contributed by atoms with E-state index in [1.54, 1.807) is 7.11 Å². The van der Waals surface area contributed by atoms with Crippen LogP contribution in [0.25, 0.3) is 11.4 Å². The highest BCUT2D eigenvalue weighted by Gasteiger charge is 2.10. The highest BCUT2D eigenvalue weighted by atomic mass is 16.5. The molecule has 0 atom stereocenters. The van der Waals surface area contributed by atoms with Crippen LogP contribution < -0.4 is 4.74 Å². The molecule has 114 valence electrons. The van der Waals surface area contributed by atoms with E-state index in [0.717, 1.165) is 23.7 Å². The van der Waals surface area contributed by atoms with E-state index in [9.17, 15) is 0 Å². The van der Waals surface area contributed by atoms with E-state index in [2.05, 4.69) is 40.6 Å². The van der Waals surface area contributed by atoms with E-state index in [1.807, 2.05) is 41.6 Å². The zero-order chi connectivity index (χ0) is 15.5. The van der Waals surface area contributed by atoms with Crippen molar-refractivity contribution in [3.63, 3.8) is 0 Å². The lowest BCUT2D eigenvalue weighted by Gasteiger charge is -2.09. The number of imidazole rings is 1. The molecule has 2 aromatic heterocycles. The Hall–Kier alpha value is -2.56. The number of hydrogen-bond donors (Lipinski definition) is 0. The summed E-state index contributed by atoms with van der Waals surface area (Å²) >= 11 is 0. The van der Waals surface area contributed by atoms with Crippen molar-refractivity contribution in [3.05, 3.63) is 54.6 Å². The summed E-state index contributed by atoms with van der Waals surface area (Å²) in [5, 5.41) is 4.44. The number of hydrogen-bond acceptors (Lipinski definition) is 3. The van der Waals surface area contributed by atoms with Gasteiger partial charge in [0.05, 0.1) is 25.4 Å². The van der Waals surface area contributed by atoms with Crippen LogP contribution in [0.15, 0.2) is 49.1 Å². The maximum atomic E-state index is 5.17. The minimum Gasteiger partial charge on any atom is -0.497 e. The Morgan fingerprint density at radius 1 is 1.18 bits per heavy atom. The quantitative estimate of drug-likeness (QED) is 0.725. The molecule has 0 aliphatic rings. The van der Waals surface area contributed by atoms with Crippen LogP contribution in [0.5, 0.6) is 5.75 Å². The summed E-state index contributed by atoms with van der Waals surface area (Å²) < 4.78 is 9.25. The van der Waals surface area contributed by atoms with E-state index in [-0.39, 0.29) is 0 Å². The molecule has 0 radical (unpaired) electrons. The first-order chi connectivity index (χ1) is 10.7. The molecule has 0 N–H and O–H groups in total. The fourth-order valence-corrected chi connectivity index (χ4v) is 2.44. The van der Waals surface area contributed by atoms with Crippen molar-refractivity contribution >= 4 is 0 Å². The first-order valence-corrected chi connectivity index (χ1v) is 7.36. The Labute approximate surface area is 130 Å². The predicted molar refractivity (Wildman–Crippen MR) is 85.9 cm³/mol. The van der Waals surface area contributed by atoms with E-state index >= 15 is 0 Å². The lowest BCUT2D eigenvalue weighted by molar-refractivity contribution is 0.414. The molecule has 1 aromatic carbocycles. The maximum absolute atomic E-state index is 5.17. The van der Waals surface area contributed by atoms with Gasteiger partial charge >= 0.3 is 0 Å². The van der Waals surface area contributed by atoms with Gasteiger partial charge in [-0.05, 0) is 31.5 Å². The minimum absolute atomic E-state index is 0.377. The molecule has 5 nitrogen and oxygen atoms in total. The van der Waals surface area contributed by atoms with Gasteiger partial charge in [0.2, 0.25) is 0 Å². The van der Waals surface area contributed by atoms with Crippen LogP contribution in [0.4, 0.5) is 0 Å². The fraction of sp³-hybridized carbons (Fsp3) is 0.294. The molecule has 0 saturated carbocycles. The second-order valence-corrected chi connectivity index (χ2v) is 5.53. The normalized spacial score (nSPS) is 11.1. The molecule has 3 rings (SSSR count). The van der Waals surface area contributed by atoms with Gasteiger partial charge < -0.3 is 9.30 Å². The number of methoxy groups -OCH3 is 1. The van der Waals surface area contributed by atoms with Crippen molar-refractivity contribution in [1.82, 2.24) is 19.3 Å². The minimum atomic E-state index is 0.377. The third-order valence-electron chi connectivity index (χ3n) is 3.62. The molecule has 0 bridgehead atoms. The Kier molecular flexibility index (Phi) is 3.96. The SMILES string of the molecule is COc1ccc(Cn2cc(-c3nccn3C(C)C)cn2)cc1. The zero-order valence-electron chi connectivity index (χ0n) is 13.1. The van der Waals surface area contributed by atoms with Gasteiger partial charge in [-0.25, -0.2) is 4.98 Å². The van der Waals surface area contributed by atoms with E-state index < -0.39 is 0 Å².